The lowest BCUT2D eigenvalue weighted by Crippen LogP contribution is -2.13. The maximum Gasteiger partial charge on any atom is 0.416 e. The summed E-state index contributed by atoms with van der Waals surface area (Å²) < 4.78 is 39.3. The first kappa shape index (κ1) is 19.2. The van der Waals surface area contributed by atoms with Gasteiger partial charge in [-0.25, -0.2) is 4.68 Å². The summed E-state index contributed by atoms with van der Waals surface area (Å²) in [7, 11) is 1.65. The van der Waals surface area contributed by atoms with Gasteiger partial charge in [-0.1, -0.05) is 11.6 Å². The van der Waals surface area contributed by atoms with E-state index >= 15 is 0 Å². The predicted octanol–water partition coefficient (Wildman–Crippen LogP) is 4.29. The van der Waals surface area contributed by atoms with Crippen LogP contribution in [0.3, 0.4) is 0 Å². The van der Waals surface area contributed by atoms with Crippen molar-refractivity contribution in [2.45, 2.75) is 16.2 Å². The van der Waals surface area contributed by atoms with Gasteiger partial charge < -0.3 is 5.32 Å². The van der Waals surface area contributed by atoms with Gasteiger partial charge in [-0.05, 0) is 64.7 Å². The van der Waals surface area contributed by atoms with E-state index in [2.05, 4.69) is 20.8 Å². The van der Waals surface area contributed by atoms with Gasteiger partial charge in [0.25, 0.3) is 5.91 Å². The second kappa shape index (κ2) is 7.57. The summed E-state index contributed by atoms with van der Waals surface area (Å²) in [5, 5.41) is 14.5. The Morgan fingerprint density at radius 3 is 2.48 bits per heavy atom. The molecule has 0 aliphatic rings. The fraction of sp³-hybridized carbons (Fsp3) is 0.125. The van der Waals surface area contributed by atoms with Crippen molar-refractivity contribution in [2.24, 2.45) is 7.05 Å². The standard InChI is InChI=1S/C16H11ClF3N5OS/c1-25-15(22-23-24-25)27-13-7-4-10(17)8-12(13)14(26)21-11-5-2-9(3-6-11)16(18,19)20/h2-8H,1H3,(H,21,26). The van der Waals surface area contributed by atoms with Crippen molar-refractivity contribution < 1.29 is 18.0 Å². The molecule has 1 heterocycles. The Hall–Kier alpha value is -2.59. The van der Waals surface area contributed by atoms with Crippen LogP contribution in [0.5, 0.6) is 0 Å². The number of anilines is 1. The molecule has 0 saturated heterocycles. The van der Waals surface area contributed by atoms with E-state index in [9.17, 15) is 18.0 Å². The number of carbonyl (C=O) groups is 1. The van der Waals surface area contributed by atoms with E-state index in [1.807, 2.05) is 0 Å². The Kier molecular flexibility index (Phi) is 5.38. The number of aryl methyl sites for hydroxylation is 1. The molecule has 0 atom stereocenters. The Labute approximate surface area is 160 Å². The van der Waals surface area contributed by atoms with Crippen LogP contribution in [0.25, 0.3) is 0 Å². The molecule has 27 heavy (non-hydrogen) atoms. The number of alkyl halides is 3. The average molecular weight is 414 g/mol. The second-order valence-electron chi connectivity index (χ2n) is 5.36. The summed E-state index contributed by atoms with van der Waals surface area (Å²) in [4.78, 5) is 13.2. The molecule has 6 nitrogen and oxygen atoms in total. The maximum atomic E-state index is 12.6. The topological polar surface area (TPSA) is 72.7 Å². The fourth-order valence-electron chi connectivity index (χ4n) is 2.12. The molecule has 2 aromatic carbocycles. The summed E-state index contributed by atoms with van der Waals surface area (Å²) in [5.41, 5.74) is -0.325. The summed E-state index contributed by atoms with van der Waals surface area (Å²) in [6, 6.07) is 8.89. The molecule has 0 unspecified atom stereocenters. The van der Waals surface area contributed by atoms with E-state index in [1.165, 1.54) is 22.9 Å². The zero-order chi connectivity index (χ0) is 19.6. The second-order valence-corrected chi connectivity index (χ2v) is 6.80. The molecular formula is C16H11ClF3N5OS. The minimum Gasteiger partial charge on any atom is -0.322 e. The normalized spacial score (nSPS) is 11.4. The number of carbonyl (C=O) groups excluding carboxylic acids is 1. The Balaban J connectivity index is 1.84. The summed E-state index contributed by atoms with van der Waals surface area (Å²) in [6.45, 7) is 0. The quantitative estimate of drug-likeness (QED) is 0.691. The zero-order valence-corrected chi connectivity index (χ0v) is 15.2. The molecule has 0 aliphatic carbocycles. The van der Waals surface area contributed by atoms with Gasteiger partial charge in [-0.3, -0.25) is 4.79 Å². The van der Waals surface area contributed by atoms with E-state index in [-0.39, 0.29) is 11.3 Å². The molecule has 0 fully saturated rings. The van der Waals surface area contributed by atoms with E-state index in [4.69, 9.17) is 11.6 Å². The van der Waals surface area contributed by atoms with Crippen molar-refractivity contribution in [1.82, 2.24) is 20.2 Å². The third-order valence-corrected chi connectivity index (χ3v) is 4.78. The first-order chi connectivity index (χ1) is 12.7. The lowest BCUT2D eigenvalue weighted by atomic mass is 10.1. The number of tetrazole rings is 1. The summed E-state index contributed by atoms with van der Waals surface area (Å²) >= 11 is 7.15. The number of amides is 1. The van der Waals surface area contributed by atoms with E-state index in [1.54, 1.807) is 19.2 Å². The molecule has 3 rings (SSSR count). The van der Waals surface area contributed by atoms with Crippen molar-refractivity contribution in [3.8, 4) is 0 Å². The molecule has 1 amide bonds. The van der Waals surface area contributed by atoms with Crippen molar-refractivity contribution in [3.63, 3.8) is 0 Å². The van der Waals surface area contributed by atoms with Crippen LogP contribution in [0.15, 0.2) is 52.5 Å². The van der Waals surface area contributed by atoms with E-state index in [0.717, 1.165) is 23.9 Å². The molecule has 0 saturated carbocycles. The van der Waals surface area contributed by atoms with Gasteiger partial charge >= 0.3 is 6.18 Å². The third kappa shape index (κ3) is 4.58. The molecule has 11 heteroatoms. The fourth-order valence-corrected chi connectivity index (χ4v) is 3.13. The van der Waals surface area contributed by atoms with Crippen LogP contribution in [0.4, 0.5) is 18.9 Å². The number of hydrogen-bond donors (Lipinski definition) is 1. The van der Waals surface area contributed by atoms with Gasteiger partial charge in [0, 0.05) is 22.7 Å². The maximum absolute atomic E-state index is 12.6. The van der Waals surface area contributed by atoms with Gasteiger partial charge in [0.1, 0.15) is 0 Å². The molecule has 1 aromatic heterocycles. The molecule has 1 N–H and O–H groups in total. The Bertz CT molecular complexity index is 975. The van der Waals surface area contributed by atoms with Crippen LogP contribution in [-0.4, -0.2) is 26.1 Å². The van der Waals surface area contributed by atoms with Gasteiger partial charge in [0.05, 0.1) is 11.1 Å². The highest BCUT2D eigenvalue weighted by molar-refractivity contribution is 7.99. The Morgan fingerprint density at radius 2 is 1.89 bits per heavy atom. The highest BCUT2D eigenvalue weighted by Crippen LogP contribution is 2.32. The number of benzene rings is 2. The number of rotatable bonds is 4. The van der Waals surface area contributed by atoms with Crippen LogP contribution in [0.2, 0.25) is 5.02 Å². The predicted molar refractivity (Wildman–Crippen MR) is 93.8 cm³/mol. The summed E-state index contributed by atoms with van der Waals surface area (Å²) in [5.74, 6) is -0.519. The van der Waals surface area contributed by atoms with Crippen LogP contribution in [-0.2, 0) is 13.2 Å². The minimum absolute atomic E-state index is 0.226. The van der Waals surface area contributed by atoms with Crippen LogP contribution < -0.4 is 5.32 Å². The number of nitrogens with one attached hydrogen (secondary N) is 1. The van der Waals surface area contributed by atoms with Crippen molar-refractivity contribution in [1.29, 1.82) is 0 Å². The van der Waals surface area contributed by atoms with Gasteiger partial charge in [-0.15, -0.1) is 5.10 Å². The number of halogens is 4. The van der Waals surface area contributed by atoms with Crippen LogP contribution in [0.1, 0.15) is 15.9 Å². The number of aromatic nitrogens is 4. The molecule has 0 radical (unpaired) electrons. The first-order valence-corrected chi connectivity index (χ1v) is 8.62. The lowest BCUT2D eigenvalue weighted by molar-refractivity contribution is -0.137. The summed E-state index contributed by atoms with van der Waals surface area (Å²) in [6.07, 6.45) is -4.44. The average Bonchev–Trinajstić information content (AvgIpc) is 3.01. The number of hydrogen-bond acceptors (Lipinski definition) is 5. The minimum atomic E-state index is -4.44. The van der Waals surface area contributed by atoms with Crippen LogP contribution >= 0.6 is 23.4 Å². The molecular weight excluding hydrogens is 403 g/mol. The first-order valence-electron chi connectivity index (χ1n) is 7.42. The smallest absolute Gasteiger partial charge is 0.322 e. The van der Waals surface area contributed by atoms with Crippen molar-refractivity contribution >= 4 is 35.0 Å². The van der Waals surface area contributed by atoms with Crippen LogP contribution in [0, 0.1) is 0 Å². The van der Waals surface area contributed by atoms with Gasteiger partial charge in [-0.2, -0.15) is 13.2 Å². The molecule has 3 aromatic rings. The van der Waals surface area contributed by atoms with Gasteiger partial charge in [0.15, 0.2) is 0 Å². The van der Waals surface area contributed by atoms with Gasteiger partial charge in [0.2, 0.25) is 5.16 Å². The molecule has 140 valence electrons. The number of nitrogens with zero attached hydrogens (tertiary/aromatic N) is 4. The lowest BCUT2D eigenvalue weighted by Gasteiger charge is -2.11. The van der Waals surface area contributed by atoms with E-state index in [0.29, 0.717) is 15.1 Å². The SMILES string of the molecule is Cn1nnnc1Sc1ccc(Cl)cc1C(=O)Nc1ccc(C(F)(F)F)cc1. The monoisotopic (exact) mass is 413 g/mol. The van der Waals surface area contributed by atoms with Crippen molar-refractivity contribution in [3.05, 3.63) is 58.6 Å². The molecule has 0 aliphatic heterocycles. The highest BCUT2D eigenvalue weighted by atomic mass is 35.5. The molecule has 0 spiro atoms. The Morgan fingerprint density at radius 1 is 1.19 bits per heavy atom. The molecule has 0 bridgehead atoms. The zero-order valence-electron chi connectivity index (χ0n) is 13.7. The van der Waals surface area contributed by atoms with E-state index < -0.39 is 17.6 Å². The largest absolute Gasteiger partial charge is 0.416 e. The highest BCUT2D eigenvalue weighted by Gasteiger charge is 2.30. The van der Waals surface area contributed by atoms with Crippen molar-refractivity contribution in [2.75, 3.05) is 5.32 Å². The third-order valence-electron chi connectivity index (χ3n) is 3.44.